The molecule has 92 valence electrons. The van der Waals surface area contributed by atoms with Crippen molar-refractivity contribution in [1.29, 1.82) is 0 Å². The van der Waals surface area contributed by atoms with E-state index in [0.29, 0.717) is 11.5 Å². The molecule has 1 aliphatic rings. The molecule has 0 saturated heterocycles. The number of hydrogen-bond acceptors (Lipinski definition) is 3. The minimum atomic E-state index is -0.542. The number of rotatable bonds is 4. The average Bonchev–Trinajstić information content (AvgIpc) is 2.26. The maximum atomic E-state index is 13.8. The average molecular weight is 238 g/mol. The zero-order chi connectivity index (χ0) is 12.4. The number of ether oxygens (including phenoxy) is 2. The molecule has 3 nitrogen and oxygen atoms in total. The molecule has 1 saturated carbocycles. The van der Waals surface area contributed by atoms with Gasteiger partial charge in [0.05, 0.1) is 19.8 Å². The number of Topliss-reactive ketones (excluding diaryl/α,β-unsaturated/α-hetero) is 1. The van der Waals surface area contributed by atoms with E-state index >= 15 is 0 Å². The minimum Gasteiger partial charge on any atom is -0.493 e. The summed E-state index contributed by atoms with van der Waals surface area (Å²) >= 11 is 0. The molecule has 4 heteroatoms. The van der Waals surface area contributed by atoms with Crippen molar-refractivity contribution in [3.05, 3.63) is 23.5 Å². The van der Waals surface area contributed by atoms with Gasteiger partial charge in [-0.2, -0.15) is 0 Å². The van der Waals surface area contributed by atoms with Crippen LogP contribution in [0, 0.1) is 11.7 Å². The summed E-state index contributed by atoms with van der Waals surface area (Å²) in [5.41, 5.74) is 0.104. The molecule has 0 radical (unpaired) electrons. The first kappa shape index (κ1) is 11.9. The van der Waals surface area contributed by atoms with Crippen molar-refractivity contribution < 1.29 is 18.7 Å². The van der Waals surface area contributed by atoms with Crippen molar-refractivity contribution in [2.24, 2.45) is 5.92 Å². The van der Waals surface area contributed by atoms with Crippen molar-refractivity contribution in [1.82, 2.24) is 0 Å². The Balaban J connectivity index is 2.36. The Labute approximate surface area is 99.5 Å². The Morgan fingerprint density at radius 1 is 1.24 bits per heavy atom. The van der Waals surface area contributed by atoms with Gasteiger partial charge in [0.1, 0.15) is 5.82 Å². The molecule has 0 aliphatic heterocycles. The van der Waals surface area contributed by atoms with Gasteiger partial charge in [-0.15, -0.1) is 0 Å². The van der Waals surface area contributed by atoms with E-state index < -0.39 is 5.82 Å². The maximum absolute atomic E-state index is 13.8. The normalized spacial score (nSPS) is 15.2. The highest BCUT2D eigenvalue weighted by molar-refractivity contribution is 5.99. The predicted molar refractivity (Wildman–Crippen MR) is 61.2 cm³/mol. The quantitative estimate of drug-likeness (QED) is 0.757. The number of benzene rings is 1. The minimum absolute atomic E-state index is 0.0254. The van der Waals surface area contributed by atoms with Crippen LogP contribution in [0.2, 0.25) is 0 Å². The molecule has 1 aliphatic carbocycles. The van der Waals surface area contributed by atoms with Crippen LogP contribution in [0.3, 0.4) is 0 Å². The standard InChI is InChI=1S/C13H15FO3/c1-16-11-6-9(10(14)7-12(11)17-2)13(15)8-4-3-5-8/h6-8H,3-5H2,1-2H3. The van der Waals surface area contributed by atoms with Crippen LogP contribution >= 0.6 is 0 Å². The number of halogens is 1. The number of carbonyl (C=O) groups is 1. The molecule has 1 aromatic carbocycles. The van der Waals surface area contributed by atoms with E-state index in [1.54, 1.807) is 0 Å². The van der Waals surface area contributed by atoms with Crippen LogP contribution in [0.1, 0.15) is 29.6 Å². The summed E-state index contributed by atoms with van der Waals surface area (Å²) in [4.78, 5) is 12.0. The summed E-state index contributed by atoms with van der Waals surface area (Å²) in [5.74, 6) is -0.0106. The maximum Gasteiger partial charge on any atom is 0.169 e. The van der Waals surface area contributed by atoms with Gasteiger partial charge in [-0.3, -0.25) is 4.79 Å². The van der Waals surface area contributed by atoms with E-state index in [1.165, 1.54) is 26.4 Å². The van der Waals surface area contributed by atoms with E-state index in [0.717, 1.165) is 19.3 Å². The van der Waals surface area contributed by atoms with Crippen LogP contribution < -0.4 is 9.47 Å². The fraction of sp³-hybridized carbons (Fsp3) is 0.462. The summed E-state index contributed by atoms with van der Waals surface area (Å²) in [5, 5.41) is 0. The van der Waals surface area contributed by atoms with Gasteiger partial charge in [-0.1, -0.05) is 6.42 Å². The molecule has 0 spiro atoms. The van der Waals surface area contributed by atoms with Gasteiger partial charge in [0.2, 0.25) is 0 Å². The lowest BCUT2D eigenvalue weighted by Gasteiger charge is -2.24. The molecule has 0 bridgehead atoms. The SMILES string of the molecule is COc1cc(F)c(C(=O)C2CCC2)cc1OC. The van der Waals surface area contributed by atoms with Gasteiger partial charge in [0, 0.05) is 12.0 Å². The Hall–Kier alpha value is -1.58. The highest BCUT2D eigenvalue weighted by atomic mass is 19.1. The Kier molecular flexibility index (Phi) is 3.31. The largest absolute Gasteiger partial charge is 0.493 e. The van der Waals surface area contributed by atoms with Crippen molar-refractivity contribution in [2.75, 3.05) is 14.2 Å². The summed E-state index contributed by atoms with van der Waals surface area (Å²) in [6, 6.07) is 2.62. The van der Waals surface area contributed by atoms with E-state index in [-0.39, 0.29) is 17.3 Å². The molecule has 1 aromatic rings. The molecular weight excluding hydrogens is 223 g/mol. The summed E-state index contributed by atoms with van der Waals surface area (Å²) < 4.78 is 23.8. The molecule has 17 heavy (non-hydrogen) atoms. The monoisotopic (exact) mass is 238 g/mol. The summed E-state index contributed by atoms with van der Waals surface area (Å²) in [6.45, 7) is 0. The summed E-state index contributed by atoms with van der Waals surface area (Å²) in [6.07, 6.45) is 2.75. The molecule has 0 atom stereocenters. The Morgan fingerprint density at radius 2 is 1.82 bits per heavy atom. The molecule has 0 aromatic heterocycles. The molecule has 2 rings (SSSR count). The topological polar surface area (TPSA) is 35.5 Å². The first-order valence-corrected chi connectivity index (χ1v) is 5.63. The lowest BCUT2D eigenvalue weighted by Crippen LogP contribution is -2.23. The van der Waals surface area contributed by atoms with Gasteiger partial charge < -0.3 is 9.47 Å². The highest BCUT2D eigenvalue weighted by Gasteiger charge is 2.29. The van der Waals surface area contributed by atoms with E-state index in [2.05, 4.69) is 0 Å². The zero-order valence-electron chi connectivity index (χ0n) is 9.96. The third-order valence-corrected chi connectivity index (χ3v) is 3.21. The van der Waals surface area contributed by atoms with Gasteiger partial charge in [-0.05, 0) is 18.9 Å². The molecular formula is C13H15FO3. The van der Waals surface area contributed by atoms with Crippen LogP contribution in [0.4, 0.5) is 4.39 Å². The lowest BCUT2D eigenvalue weighted by molar-refractivity contribution is 0.0850. The highest BCUT2D eigenvalue weighted by Crippen LogP contribution is 2.34. The third-order valence-electron chi connectivity index (χ3n) is 3.21. The lowest BCUT2D eigenvalue weighted by atomic mass is 9.80. The molecule has 0 amide bonds. The van der Waals surface area contributed by atoms with E-state index in [9.17, 15) is 9.18 Å². The third kappa shape index (κ3) is 2.12. The number of methoxy groups -OCH3 is 2. The second-order valence-corrected chi connectivity index (χ2v) is 4.18. The van der Waals surface area contributed by atoms with E-state index in [4.69, 9.17) is 9.47 Å². The van der Waals surface area contributed by atoms with Crippen molar-refractivity contribution in [3.63, 3.8) is 0 Å². The number of ketones is 1. The van der Waals surface area contributed by atoms with Crippen molar-refractivity contribution in [3.8, 4) is 11.5 Å². The first-order chi connectivity index (χ1) is 8.17. The zero-order valence-corrected chi connectivity index (χ0v) is 9.96. The second kappa shape index (κ2) is 4.73. The fourth-order valence-electron chi connectivity index (χ4n) is 1.93. The van der Waals surface area contributed by atoms with Gasteiger partial charge >= 0.3 is 0 Å². The Bertz CT molecular complexity index is 439. The first-order valence-electron chi connectivity index (χ1n) is 5.63. The van der Waals surface area contributed by atoms with Crippen LogP contribution in [-0.2, 0) is 0 Å². The van der Waals surface area contributed by atoms with Gasteiger partial charge in [0.25, 0.3) is 0 Å². The molecule has 1 fully saturated rings. The molecule has 0 heterocycles. The van der Waals surface area contributed by atoms with Crippen molar-refractivity contribution in [2.45, 2.75) is 19.3 Å². The predicted octanol–water partition coefficient (Wildman–Crippen LogP) is 2.83. The van der Waals surface area contributed by atoms with Crippen LogP contribution in [0.25, 0.3) is 0 Å². The summed E-state index contributed by atoms with van der Waals surface area (Å²) in [7, 11) is 2.90. The van der Waals surface area contributed by atoms with Crippen LogP contribution in [-0.4, -0.2) is 20.0 Å². The number of carbonyl (C=O) groups excluding carboxylic acids is 1. The number of hydrogen-bond donors (Lipinski definition) is 0. The smallest absolute Gasteiger partial charge is 0.169 e. The Morgan fingerprint density at radius 3 is 2.29 bits per heavy atom. The van der Waals surface area contributed by atoms with Crippen LogP contribution in [0.5, 0.6) is 11.5 Å². The van der Waals surface area contributed by atoms with Gasteiger partial charge in [0.15, 0.2) is 17.3 Å². The van der Waals surface area contributed by atoms with E-state index in [1.807, 2.05) is 0 Å². The fourth-order valence-corrected chi connectivity index (χ4v) is 1.93. The molecule has 0 unspecified atom stereocenters. The van der Waals surface area contributed by atoms with Crippen LogP contribution in [0.15, 0.2) is 12.1 Å². The molecule has 0 N–H and O–H groups in total. The second-order valence-electron chi connectivity index (χ2n) is 4.18. The van der Waals surface area contributed by atoms with Gasteiger partial charge in [-0.25, -0.2) is 4.39 Å². The van der Waals surface area contributed by atoms with Crippen molar-refractivity contribution >= 4 is 5.78 Å².